The standard InChI is InChI=1S/C15H13BrN2O2/c1-8-7-11(9(2)19-8)14-13(15(17)18-20-14)10-5-3-4-6-12(10)16/h3-7H,1-2H3,(H2,17,18). The molecule has 0 bridgehead atoms. The number of hydrogen-bond acceptors (Lipinski definition) is 4. The summed E-state index contributed by atoms with van der Waals surface area (Å²) in [6.45, 7) is 3.79. The fourth-order valence-corrected chi connectivity index (χ4v) is 2.75. The number of furan rings is 1. The predicted octanol–water partition coefficient (Wildman–Crippen LogP) is 4.56. The third-order valence-electron chi connectivity index (χ3n) is 3.15. The Hall–Kier alpha value is -2.01. The van der Waals surface area contributed by atoms with Gasteiger partial charge in [0.15, 0.2) is 11.6 Å². The van der Waals surface area contributed by atoms with Crippen molar-refractivity contribution in [2.75, 3.05) is 5.73 Å². The molecule has 0 saturated heterocycles. The first-order chi connectivity index (χ1) is 9.58. The predicted molar refractivity (Wildman–Crippen MR) is 81.2 cm³/mol. The van der Waals surface area contributed by atoms with Crippen LogP contribution >= 0.6 is 15.9 Å². The van der Waals surface area contributed by atoms with Crippen molar-refractivity contribution in [2.24, 2.45) is 0 Å². The summed E-state index contributed by atoms with van der Waals surface area (Å²) in [5, 5.41) is 3.90. The minimum Gasteiger partial charge on any atom is -0.466 e. The fourth-order valence-electron chi connectivity index (χ4n) is 2.27. The topological polar surface area (TPSA) is 65.2 Å². The Bertz CT molecular complexity index is 774. The lowest BCUT2D eigenvalue weighted by Crippen LogP contribution is -1.89. The molecule has 0 amide bonds. The molecule has 3 aromatic rings. The van der Waals surface area contributed by atoms with E-state index in [-0.39, 0.29) is 0 Å². The maximum Gasteiger partial charge on any atom is 0.180 e. The third kappa shape index (κ3) is 2.04. The van der Waals surface area contributed by atoms with Crippen LogP contribution < -0.4 is 5.73 Å². The Labute approximate surface area is 124 Å². The maximum atomic E-state index is 5.98. The molecule has 2 N–H and O–H groups in total. The summed E-state index contributed by atoms with van der Waals surface area (Å²) in [4.78, 5) is 0. The number of nitrogens with two attached hydrogens (primary N) is 1. The molecule has 4 nitrogen and oxygen atoms in total. The highest BCUT2D eigenvalue weighted by atomic mass is 79.9. The summed E-state index contributed by atoms with van der Waals surface area (Å²) in [5.74, 6) is 2.60. The maximum absolute atomic E-state index is 5.98. The molecule has 0 aliphatic rings. The van der Waals surface area contributed by atoms with Crippen LogP contribution in [0.25, 0.3) is 22.5 Å². The smallest absolute Gasteiger partial charge is 0.180 e. The van der Waals surface area contributed by atoms with Gasteiger partial charge in [-0.2, -0.15) is 0 Å². The van der Waals surface area contributed by atoms with Gasteiger partial charge >= 0.3 is 0 Å². The number of anilines is 1. The van der Waals surface area contributed by atoms with Crippen LogP contribution in [-0.2, 0) is 0 Å². The zero-order chi connectivity index (χ0) is 14.3. The average Bonchev–Trinajstić information content (AvgIpc) is 2.93. The molecule has 0 unspecified atom stereocenters. The van der Waals surface area contributed by atoms with Crippen molar-refractivity contribution in [1.29, 1.82) is 0 Å². The van der Waals surface area contributed by atoms with E-state index >= 15 is 0 Å². The van der Waals surface area contributed by atoms with Crippen molar-refractivity contribution in [2.45, 2.75) is 13.8 Å². The monoisotopic (exact) mass is 332 g/mol. The molecular formula is C15H13BrN2O2. The molecule has 2 aromatic heterocycles. The van der Waals surface area contributed by atoms with E-state index in [2.05, 4.69) is 21.1 Å². The molecule has 0 aliphatic carbocycles. The van der Waals surface area contributed by atoms with Gasteiger partial charge in [-0.05, 0) is 26.0 Å². The highest BCUT2D eigenvalue weighted by molar-refractivity contribution is 9.10. The number of halogens is 1. The Morgan fingerprint density at radius 1 is 1.15 bits per heavy atom. The van der Waals surface area contributed by atoms with Gasteiger partial charge < -0.3 is 14.7 Å². The summed E-state index contributed by atoms with van der Waals surface area (Å²) in [6, 6.07) is 9.75. The van der Waals surface area contributed by atoms with E-state index in [1.165, 1.54) is 0 Å². The molecule has 20 heavy (non-hydrogen) atoms. The number of benzene rings is 1. The van der Waals surface area contributed by atoms with Crippen molar-refractivity contribution in [1.82, 2.24) is 5.16 Å². The third-order valence-corrected chi connectivity index (χ3v) is 3.84. The van der Waals surface area contributed by atoms with Crippen LogP contribution in [0.3, 0.4) is 0 Å². The number of nitrogens with zero attached hydrogens (tertiary/aromatic N) is 1. The van der Waals surface area contributed by atoms with E-state index in [1.807, 2.05) is 44.2 Å². The molecule has 0 fully saturated rings. The molecular weight excluding hydrogens is 320 g/mol. The van der Waals surface area contributed by atoms with Gasteiger partial charge in [0.25, 0.3) is 0 Å². The lowest BCUT2D eigenvalue weighted by Gasteiger charge is -2.04. The second-order valence-electron chi connectivity index (χ2n) is 4.58. The fraction of sp³-hybridized carbons (Fsp3) is 0.133. The largest absolute Gasteiger partial charge is 0.466 e. The molecule has 3 rings (SSSR count). The second-order valence-corrected chi connectivity index (χ2v) is 5.43. The van der Waals surface area contributed by atoms with Crippen LogP contribution in [0.4, 0.5) is 5.82 Å². The Kier molecular flexibility index (Phi) is 3.14. The van der Waals surface area contributed by atoms with Crippen molar-refractivity contribution in [3.05, 3.63) is 46.3 Å². The van der Waals surface area contributed by atoms with E-state index in [9.17, 15) is 0 Å². The van der Waals surface area contributed by atoms with Gasteiger partial charge in [0, 0.05) is 10.0 Å². The van der Waals surface area contributed by atoms with Gasteiger partial charge in [0.1, 0.15) is 11.5 Å². The Morgan fingerprint density at radius 3 is 2.55 bits per heavy atom. The molecule has 2 heterocycles. The molecule has 0 aliphatic heterocycles. The van der Waals surface area contributed by atoms with Crippen LogP contribution in [0, 0.1) is 13.8 Å². The van der Waals surface area contributed by atoms with Crippen molar-refractivity contribution in [3.8, 4) is 22.5 Å². The average molecular weight is 333 g/mol. The number of hydrogen-bond donors (Lipinski definition) is 1. The Balaban J connectivity index is 2.26. The van der Waals surface area contributed by atoms with Crippen LogP contribution in [0.1, 0.15) is 11.5 Å². The number of rotatable bonds is 2. The first-order valence-electron chi connectivity index (χ1n) is 6.15. The number of nitrogen functional groups attached to an aromatic ring is 1. The molecule has 102 valence electrons. The summed E-state index contributed by atoms with van der Waals surface area (Å²) in [7, 11) is 0. The van der Waals surface area contributed by atoms with Gasteiger partial charge in [-0.25, -0.2) is 0 Å². The van der Waals surface area contributed by atoms with E-state index < -0.39 is 0 Å². The number of aryl methyl sites for hydroxylation is 2. The van der Waals surface area contributed by atoms with Crippen molar-refractivity contribution < 1.29 is 8.94 Å². The minimum atomic E-state index is 0.366. The summed E-state index contributed by atoms with van der Waals surface area (Å²) in [5.41, 5.74) is 8.58. The van der Waals surface area contributed by atoms with E-state index in [0.29, 0.717) is 11.6 Å². The van der Waals surface area contributed by atoms with Gasteiger partial charge in [0.05, 0.1) is 11.1 Å². The van der Waals surface area contributed by atoms with Gasteiger partial charge in [-0.3, -0.25) is 0 Å². The van der Waals surface area contributed by atoms with Crippen LogP contribution in [-0.4, -0.2) is 5.16 Å². The summed E-state index contributed by atoms with van der Waals surface area (Å²) in [6.07, 6.45) is 0. The molecule has 0 saturated carbocycles. The molecule has 0 atom stereocenters. The highest BCUT2D eigenvalue weighted by Crippen LogP contribution is 2.41. The second kappa shape index (κ2) is 4.83. The highest BCUT2D eigenvalue weighted by Gasteiger charge is 2.22. The molecule has 0 spiro atoms. The van der Waals surface area contributed by atoms with E-state index in [4.69, 9.17) is 14.7 Å². The van der Waals surface area contributed by atoms with Gasteiger partial charge in [0.2, 0.25) is 0 Å². The van der Waals surface area contributed by atoms with Crippen LogP contribution in [0.5, 0.6) is 0 Å². The molecule has 5 heteroatoms. The summed E-state index contributed by atoms with van der Waals surface area (Å²) >= 11 is 3.53. The molecule has 1 aromatic carbocycles. The molecule has 0 radical (unpaired) electrons. The van der Waals surface area contributed by atoms with Crippen molar-refractivity contribution in [3.63, 3.8) is 0 Å². The zero-order valence-electron chi connectivity index (χ0n) is 11.1. The number of aromatic nitrogens is 1. The lowest BCUT2D eigenvalue weighted by molar-refractivity contribution is 0.434. The van der Waals surface area contributed by atoms with Gasteiger partial charge in [-0.1, -0.05) is 39.3 Å². The first kappa shape index (κ1) is 13.0. The van der Waals surface area contributed by atoms with E-state index in [0.717, 1.165) is 32.7 Å². The quantitative estimate of drug-likeness (QED) is 0.746. The van der Waals surface area contributed by atoms with Gasteiger partial charge in [-0.15, -0.1) is 0 Å². The normalized spacial score (nSPS) is 10.9. The van der Waals surface area contributed by atoms with Crippen molar-refractivity contribution >= 4 is 21.7 Å². The summed E-state index contributed by atoms with van der Waals surface area (Å²) < 4.78 is 11.9. The van der Waals surface area contributed by atoms with E-state index in [1.54, 1.807) is 0 Å². The minimum absolute atomic E-state index is 0.366. The van der Waals surface area contributed by atoms with Crippen LogP contribution in [0.2, 0.25) is 0 Å². The van der Waals surface area contributed by atoms with Crippen LogP contribution in [0.15, 0.2) is 43.7 Å². The zero-order valence-corrected chi connectivity index (χ0v) is 12.7. The lowest BCUT2D eigenvalue weighted by atomic mass is 10.0. The SMILES string of the molecule is Cc1cc(-c2onc(N)c2-c2ccccc2Br)c(C)o1. The Morgan fingerprint density at radius 2 is 1.90 bits per heavy atom. The first-order valence-corrected chi connectivity index (χ1v) is 6.94.